The molecule has 76 valence electrons. The second-order valence-corrected chi connectivity index (χ2v) is 3.95. The molecule has 0 heterocycles. The maximum Gasteiger partial charge on any atom is 0.224 e. The lowest BCUT2D eigenvalue weighted by Gasteiger charge is -2.07. The molecule has 0 aliphatic rings. The van der Waals surface area contributed by atoms with E-state index < -0.39 is 0 Å². The summed E-state index contributed by atoms with van der Waals surface area (Å²) in [5, 5.41) is 2.75. The number of carbonyl (C=O) groups excluding carboxylic acids is 1. The number of anilines is 2. The van der Waals surface area contributed by atoms with Gasteiger partial charge in [-0.1, -0.05) is 22.9 Å². The van der Waals surface area contributed by atoms with E-state index in [-0.39, 0.29) is 5.91 Å². The Morgan fingerprint density at radius 2 is 2.29 bits per heavy atom. The van der Waals surface area contributed by atoms with E-state index in [4.69, 9.17) is 5.73 Å². The smallest absolute Gasteiger partial charge is 0.224 e. The molecule has 4 heteroatoms. The van der Waals surface area contributed by atoms with Gasteiger partial charge in [-0.25, -0.2) is 0 Å². The Labute approximate surface area is 91.8 Å². The van der Waals surface area contributed by atoms with Gasteiger partial charge in [0.2, 0.25) is 5.91 Å². The van der Waals surface area contributed by atoms with Crippen LogP contribution in [-0.2, 0) is 4.79 Å². The number of nitrogens with one attached hydrogen (secondary N) is 1. The van der Waals surface area contributed by atoms with Gasteiger partial charge in [-0.15, -0.1) is 0 Å². The van der Waals surface area contributed by atoms with Crippen LogP contribution >= 0.6 is 15.9 Å². The molecule has 0 aliphatic heterocycles. The first-order valence-corrected chi connectivity index (χ1v) is 5.27. The highest BCUT2D eigenvalue weighted by Crippen LogP contribution is 2.23. The van der Waals surface area contributed by atoms with Crippen LogP contribution in [0.25, 0.3) is 0 Å². The third kappa shape index (κ3) is 3.03. The van der Waals surface area contributed by atoms with E-state index >= 15 is 0 Å². The highest BCUT2D eigenvalue weighted by molar-refractivity contribution is 9.10. The number of carbonyl (C=O) groups is 1. The zero-order valence-corrected chi connectivity index (χ0v) is 9.60. The molecular formula is C10H13BrN2O. The molecule has 0 fully saturated rings. The fraction of sp³-hybridized carbons (Fsp3) is 0.300. The first-order chi connectivity index (χ1) is 6.63. The van der Waals surface area contributed by atoms with Gasteiger partial charge in [-0.05, 0) is 24.6 Å². The minimum absolute atomic E-state index is 0.00141. The van der Waals surface area contributed by atoms with Gasteiger partial charge in [0, 0.05) is 10.9 Å². The third-order valence-corrected chi connectivity index (χ3v) is 2.26. The predicted molar refractivity (Wildman–Crippen MR) is 62.1 cm³/mol. The summed E-state index contributed by atoms with van der Waals surface area (Å²) in [4.78, 5) is 11.3. The molecule has 1 aromatic rings. The highest BCUT2D eigenvalue weighted by Gasteiger charge is 2.03. The average Bonchev–Trinajstić information content (AvgIpc) is 2.10. The van der Waals surface area contributed by atoms with Crippen LogP contribution in [0, 0.1) is 0 Å². The number of benzene rings is 1. The number of amides is 1. The number of hydrogen-bond donors (Lipinski definition) is 2. The minimum atomic E-state index is 0.00141. The molecule has 1 rings (SSSR count). The number of hydrogen-bond acceptors (Lipinski definition) is 2. The lowest BCUT2D eigenvalue weighted by Crippen LogP contribution is -2.11. The van der Waals surface area contributed by atoms with Crippen molar-refractivity contribution < 1.29 is 4.79 Å². The van der Waals surface area contributed by atoms with Gasteiger partial charge < -0.3 is 11.1 Å². The van der Waals surface area contributed by atoms with Crippen molar-refractivity contribution in [1.82, 2.24) is 0 Å². The van der Waals surface area contributed by atoms with Crippen LogP contribution in [0.2, 0.25) is 0 Å². The minimum Gasteiger partial charge on any atom is -0.397 e. The summed E-state index contributed by atoms with van der Waals surface area (Å²) in [6.07, 6.45) is 1.36. The van der Waals surface area contributed by atoms with E-state index in [1.54, 1.807) is 12.1 Å². The van der Waals surface area contributed by atoms with E-state index in [9.17, 15) is 4.79 Å². The summed E-state index contributed by atoms with van der Waals surface area (Å²) in [7, 11) is 0. The lowest BCUT2D eigenvalue weighted by atomic mass is 10.2. The second kappa shape index (κ2) is 5.00. The molecule has 14 heavy (non-hydrogen) atoms. The average molecular weight is 257 g/mol. The van der Waals surface area contributed by atoms with E-state index in [0.29, 0.717) is 17.8 Å². The Bertz CT molecular complexity index is 339. The van der Waals surface area contributed by atoms with Crippen LogP contribution in [0.4, 0.5) is 11.4 Å². The fourth-order valence-electron chi connectivity index (χ4n) is 1.09. The summed E-state index contributed by atoms with van der Waals surface area (Å²) in [5.74, 6) is 0.00141. The van der Waals surface area contributed by atoms with Gasteiger partial charge in [-0.3, -0.25) is 4.79 Å². The van der Waals surface area contributed by atoms with E-state index in [0.717, 1.165) is 10.9 Å². The van der Waals surface area contributed by atoms with Gasteiger partial charge in [-0.2, -0.15) is 0 Å². The highest BCUT2D eigenvalue weighted by atomic mass is 79.9. The molecular weight excluding hydrogens is 244 g/mol. The van der Waals surface area contributed by atoms with Crippen LogP contribution < -0.4 is 11.1 Å². The van der Waals surface area contributed by atoms with Crippen molar-refractivity contribution in [2.45, 2.75) is 19.8 Å². The molecule has 0 bridgehead atoms. The fourth-order valence-corrected chi connectivity index (χ4v) is 1.47. The molecule has 0 aliphatic carbocycles. The van der Waals surface area contributed by atoms with Crippen molar-refractivity contribution in [2.75, 3.05) is 11.1 Å². The van der Waals surface area contributed by atoms with Gasteiger partial charge in [0.15, 0.2) is 0 Å². The van der Waals surface area contributed by atoms with Crippen molar-refractivity contribution in [3.8, 4) is 0 Å². The predicted octanol–water partition coefficient (Wildman–Crippen LogP) is 2.77. The largest absolute Gasteiger partial charge is 0.397 e. The van der Waals surface area contributed by atoms with Gasteiger partial charge in [0.1, 0.15) is 0 Å². The molecule has 0 saturated heterocycles. The number of rotatable bonds is 3. The Morgan fingerprint density at radius 1 is 1.57 bits per heavy atom. The standard InChI is InChI=1S/C10H13BrN2O/c1-2-3-10(14)13-9-5-4-7(11)6-8(9)12/h4-6H,2-3,12H2,1H3,(H,13,14). The summed E-state index contributed by atoms with van der Waals surface area (Å²) in [6, 6.07) is 5.40. The zero-order valence-electron chi connectivity index (χ0n) is 8.01. The molecule has 3 nitrogen and oxygen atoms in total. The Kier molecular flexibility index (Phi) is 3.95. The van der Waals surface area contributed by atoms with Crippen molar-refractivity contribution in [2.24, 2.45) is 0 Å². The van der Waals surface area contributed by atoms with E-state index in [1.807, 2.05) is 13.0 Å². The second-order valence-electron chi connectivity index (χ2n) is 3.03. The Balaban J connectivity index is 2.72. The summed E-state index contributed by atoms with van der Waals surface area (Å²) in [5.41, 5.74) is 6.97. The number of nitrogen functional groups attached to an aromatic ring is 1. The number of halogens is 1. The van der Waals surface area contributed by atoms with Crippen LogP contribution in [-0.4, -0.2) is 5.91 Å². The molecule has 0 radical (unpaired) electrons. The normalized spacial score (nSPS) is 9.86. The quantitative estimate of drug-likeness (QED) is 0.818. The van der Waals surface area contributed by atoms with Crippen LogP contribution in [0.3, 0.4) is 0 Å². The van der Waals surface area contributed by atoms with E-state index in [2.05, 4.69) is 21.2 Å². The molecule has 1 amide bonds. The topological polar surface area (TPSA) is 55.1 Å². The third-order valence-electron chi connectivity index (χ3n) is 1.76. The molecule has 0 atom stereocenters. The monoisotopic (exact) mass is 256 g/mol. The lowest BCUT2D eigenvalue weighted by molar-refractivity contribution is -0.116. The molecule has 0 saturated carbocycles. The first kappa shape index (κ1) is 11.0. The molecule has 3 N–H and O–H groups in total. The summed E-state index contributed by atoms with van der Waals surface area (Å²) < 4.78 is 0.906. The summed E-state index contributed by atoms with van der Waals surface area (Å²) in [6.45, 7) is 1.96. The van der Waals surface area contributed by atoms with Crippen LogP contribution in [0.5, 0.6) is 0 Å². The number of nitrogens with two attached hydrogens (primary N) is 1. The van der Waals surface area contributed by atoms with Crippen molar-refractivity contribution in [3.63, 3.8) is 0 Å². The maximum absolute atomic E-state index is 11.3. The SMILES string of the molecule is CCCC(=O)Nc1ccc(Br)cc1N. The van der Waals surface area contributed by atoms with Crippen LogP contribution in [0.1, 0.15) is 19.8 Å². The van der Waals surface area contributed by atoms with E-state index in [1.165, 1.54) is 0 Å². The molecule has 1 aromatic carbocycles. The maximum atomic E-state index is 11.3. The first-order valence-electron chi connectivity index (χ1n) is 4.48. The molecule has 0 unspecified atom stereocenters. The zero-order chi connectivity index (χ0) is 10.6. The van der Waals surface area contributed by atoms with Crippen LogP contribution in [0.15, 0.2) is 22.7 Å². The van der Waals surface area contributed by atoms with Crippen molar-refractivity contribution in [1.29, 1.82) is 0 Å². The van der Waals surface area contributed by atoms with Gasteiger partial charge in [0.05, 0.1) is 11.4 Å². The van der Waals surface area contributed by atoms with Gasteiger partial charge in [0.25, 0.3) is 0 Å². The van der Waals surface area contributed by atoms with Gasteiger partial charge >= 0.3 is 0 Å². The van der Waals surface area contributed by atoms with Crippen molar-refractivity contribution in [3.05, 3.63) is 22.7 Å². The Hall–Kier alpha value is -1.03. The molecule has 0 aromatic heterocycles. The summed E-state index contributed by atoms with van der Waals surface area (Å²) >= 11 is 3.30. The molecule has 0 spiro atoms. The Morgan fingerprint density at radius 3 is 2.86 bits per heavy atom. The van der Waals surface area contributed by atoms with Crippen molar-refractivity contribution >= 4 is 33.2 Å².